The normalized spacial score (nSPS) is 8.74. The highest BCUT2D eigenvalue weighted by molar-refractivity contribution is 5.80. The summed E-state index contributed by atoms with van der Waals surface area (Å²) >= 11 is 0. The molecule has 0 spiro atoms. The minimum atomic E-state index is -1.11. The molecule has 18 heteroatoms. The fourth-order valence-corrected chi connectivity index (χ4v) is 0.600. The third-order valence-electron chi connectivity index (χ3n) is 3.56. The Bertz CT molecular complexity index is 624. The van der Waals surface area contributed by atoms with Crippen molar-refractivity contribution in [3.63, 3.8) is 0 Å². The van der Waals surface area contributed by atoms with E-state index in [9.17, 15) is 24.0 Å². The molecular formula is C25H44O18. The van der Waals surface area contributed by atoms with E-state index in [0.29, 0.717) is 0 Å². The molecule has 0 unspecified atom stereocenters. The summed E-state index contributed by atoms with van der Waals surface area (Å²) in [5.41, 5.74) is -2.22. The largest absolute Gasteiger partial charge is 0.478 e. The summed E-state index contributed by atoms with van der Waals surface area (Å²) in [4.78, 5) is 46.2. The average molecular weight is 633 g/mol. The fourth-order valence-electron chi connectivity index (χ4n) is 0.600. The van der Waals surface area contributed by atoms with E-state index in [4.69, 9.17) is 66.4 Å². The molecule has 252 valence electrons. The van der Waals surface area contributed by atoms with Gasteiger partial charge < -0.3 is 66.4 Å². The first kappa shape index (κ1) is 54.8. The van der Waals surface area contributed by atoms with Gasteiger partial charge in [0.2, 0.25) is 0 Å². The summed E-state index contributed by atoms with van der Waals surface area (Å²) in [5, 5.41) is 106. The first-order chi connectivity index (χ1) is 19.8. The Morgan fingerprint density at radius 2 is 0.419 bits per heavy atom. The molecule has 0 aromatic carbocycles. The average Bonchev–Trinajstić information content (AvgIpc) is 3.01. The third-order valence-corrected chi connectivity index (χ3v) is 3.56. The van der Waals surface area contributed by atoms with Gasteiger partial charge in [-0.05, 0) is 0 Å². The highest BCUT2D eigenvalue weighted by atomic mass is 16.4. The maximum atomic E-state index is 9.25. The Labute approximate surface area is 247 Å². The molecule has 43 heavy (non-hydrogen) atoms. The molecule has 13 N–H and O–H groups in total. The second-order valence-corrected chi connectivity index (χ2v) is 6.98. The minimum Gasteiger partial charge on any atom is -0.478 e. The van der Waals surface area contributed by atoms with Crippen molar-refractivity contribution < 1.29 is 90.4 Å². The molecule has 0 amide bonds. The van der Waals surface area contributed by atoms with Gasteiger partial charge in [0.15, 0.2) is 0 Å². The van der Waals surface area contributed by atoms with Gasteiger partial charge in [-0.15, -0.1) is 0 Å². The van der Waals surface area contributed by atoms with Crippen LogP contribution in [-0.2, 0) is 24.0 Å². The quantitative estimate of drug-likeness (QED) is 0.0909. The molecule has 0 aromatic heterocycles. The molecule has 0 radical (unpaired) electrons. The highest BCUT2D eigenvalue weighted by Gasteiger charge is 2.27. The lowest BCUT2D eigenvalue weighted by Crippen LogP contribution is -2.37. The summed E-state index contributed by atoms with van der Waals surface area (Å²) in [6.45, 7) is 11.6. The van der Waals surface area contributed by atoms with E-state index >= 15 is 0 Å². The maximum Gasteiger partial charge on any atom is 0.327 e. The molecule has 0 saturated carbocycles. The number of carboxylic acids is 5. The van der Waals surface area contributed by atoms with Gasteiger partial charge >= 0.3 is 29.8 Å². The van der Waals surface area contributed by atoms with Crippen molar-refractivity contribution in [1.82, 2.24) is 0 Å². The van der Waals surface area contributed by atoms with Crippen LogP contribution in [0.4, 0.5) is 0 Å². The van der Waals surface area contributed by atoms with Gasteiger partial charge in [0.05, 0.1) is 63.7 Å². The number of rotatable bonds is 13. The molecular weight excluding hydrogens is 588 g/mol. The van der Waals surface area contributed by atoms with Crippen LogP contribution < -0.4 is 0 Å². The number of carboxylic acid groups (broad SMARTS) is 5. The van der Waals surface area contributed by atoms with Gasteiger partial charge in [-0.1, -0.05) is 32.9 Å². The molecule has 0 saturated heterocycles. The van der Waals surface area contributed by atoms with Gasteiger partial charge in [0.25, 0.3) is 0 Å². The number of hydrogen-bond acceptors (Lipinski definition) is 13. The molecule has 0 atom stereocenters. The summed E-state index contributed by atoms with van der Waals surface area (Å²) < 4.78 is 0. The van der Waals surface area contributed by atoms with E-state index in [-0.39, 0.29) is 0 Å². The Kier molecular flexibility index (Phi) is 50.8. The molecule has 0 bridgehead atoms. The summed E-state index contributed by atoms with van der Waals surface area (Å²) in [6, 6.07) is 0. The van der Waals surface area contributed by atoms with Gasteiger partial charge in [-0.25, -0.2) is 24.0 Å². The van der Waals surface area contributed by atoms with Crippen LogP contribution in [0.25, 0.3) is 0 Å². The summed E-state index contributed by atoms with van der Waals surface area (Å²) in [7, 11) is 0. The first-order valence-electron chi connectivity index (χ1n) is 11.0. The van der Waals surface area contributed by atoms with Gasteiger partial charge in [0.1, 0.15) is 0 Å². The van der Waals surface area contributed by atoms with Gasteiger partial charge in [0, 0.05) is 30.4 Å². The molecule has 0 aliphatic carbocycles. The van der Waals surface area contributed by atoms with Crippen molar-refractivity contribution in [3.05, 3.63) is 63.3 Å². The van der Waals surface area contributed by atoms with E-state index in [1.54, 1.807) is 0 Å². The van der Waals surface area contributed by atoms with E-state index in [1.165, 1.54) is 0 Å². The van der Waals surface area contributed by atoms with Crippen LogP contribution >= 0.6 is 0 Å². The second-order valence-electron chi connectivity index (χ2n) is 6.98. The SMILES string of the molecule is C=CC(=O)O.C=CC(=O)O.C=CC(=O)O.C=CC(=O)O.C=CC(=O)O.OCC(CO)(CO)CO.OCC(CO)(CO)CO. The number of aliphatic carboxylic acids is 5. The summed E-state index contributed by atoms with van der Waals surface area (Å²) in [5.74, 6) is -4.91. The van der Waals surface area contributed by atoms with E-state index in [0.717, 1.165) is 30.4 Å². The van der Waals surface area contributed by atoms with Crippen LogP contribution in [0.15, 0.2) is 63.3 Å². The molecule has 0 aromatic rings. The summed E-state index contributed by atoms with van der Waals surface area (Å²) in [6.07, 6.45) is 4.17. The number of aliphatic hydroxyl groups is 8. The molecule has 0 aliphatic heterocycles. The molecule has 0 aliphatic rings. The van der Waals surface area contributed by atoms with Crippen LogP contribution in [0.5, 0.6) is 0 Å². The third kappa shape index (κ3) is 54.5. The lowest BCUT2D eigenvalue weighted by molar-refractivity contribution is -0.132. The van der Waals surface area contributed by atoms with Gasteiger partial charge in [-0.3, -0.25) is 0 Å². The predicted molar refractivity (Wildman–Crippen MR) is 151 cm³/mol. The van der Waals surface area contributed by atoms with E-state index in [2.05, 4.69) is 32.9 Å². The van der Waals surface area contributed by atoms with Crippen LogP contribution in [0, 0.1) is 10.8 Å². The molecule has 0 rings (SSSR count). The van der Waals surface area contributed by atoms with Crippen LogP contribution in [0.1, 0.15) is 0 Å². The zero-order chi connectivity index (χ0) is 36.1. The smallest absolute Gasteiger partial charge is 0.327 e. The van der Waals surface area contributed by atoms with Crippen molar-refractivity contribution in [3.8, 4) is 0 Å². The standard InChI is InChI=1S/2C5H12O4.5C3H4O2/c2*6-1-5(2-7,3-8)4-9;5*1-2-3(4)5/h2*6-9H,1-4H2;5*2H,1H2,(H,4,5). The van der Waals surface area contributed by atoms with Crippen LogP contribution in [0.2, 0.25) is 0 Å². The van der Waals surface area contributed by atoms with Crippen molar-refractivity contribution in [2.75, 3.05) is 52.9 Å². The van der Waals surface area contributed by atoms with Crippen molar-refractivity contribution in [2.45, 2.75) is 0 Å². The Balaban J connectivity index is -0.0000000718. The number of hydrogen-bond donors (Lipinski definition) is 13. The second kappa shape index (κ2) is 39.9. The van der Waals surface area contributed by atoms with Crippen molar-refractivity contribution in [1.29, 1.82) is 0 Å². The molecule has 18 nitrogen and oxygen atoms in total. The highest BCUT2D eigenvalue weighted by Crippen LogP contribution is 2.12. The minimum absolute atomic E-state index is 0.406. The zero-order valence-electron chi connectivity index (χ0n) is 23.4. The number of carbonyl (C=O) groups is 5. The molecule has 0 heterocycles. The van der Waals surface area contributed by atoms with E-state index < -0.39 is 93.5 Å². The van der Waals surface area contributed by atoms with Crippen molar-refractivity contribution in [2.24, 2.45) is 10.8 Å². The lowest BCUT2D eigenvalue weighted by Gasteiger charge is -2.23. The van der Waals surface area contributed by atoms with E-state index in [1.807, 2.05) is 0 Å². The Morgan fingerprint density at radius 1 is 0.349 bits per heavy atom. The maximum absolute atomic E-state index is 9.25. The van der Waals surface area contributed by atoms with Crippen LogP contribution in [0.3, 0.4) is 0 Å². The Hall–Kier alpha value is -4.27. The van der Waals surface area contributed by atoms with Gasteiger partial charge in [-0.2, -0.15) is 0 Å². The number of aliphatic hydroxyl groups excluding tert-OH is 8. The first-order valence-corrected chi connectivity index (χ1v) is 11.0. The Morgan fingerprint density at radius 3 is 0.419 bits per heavy atom. The fraction of sp³-hybridized carbons (Fsp3) is 0.400. The van der Waals surface area contributed by atoms with Crippen LogP contribution in [-0.4, -0.2) is 149 Å². The monoisotopic (exact) mass is 632 g/mol. The predicted octanol–water partition coefficient (Wildman–Crippen LogP) is -2.83. The van der Waals surface area contributed by atoms with Crippen molar-refractivity contribution >= 4 is 29.8 Å². The lowest BCUT2D eigenvalue weighted by atomic mass is 9.93. The topological polar surface area (TPSA) is 348 Å². The molecule has 0 fully saturated rings. The zero-order valence-corrected chi connectivity index (χ0v) is 23.4.